The van der Waals surface area contributed by atoms with Gasteiger partial charge in [-0.15, -0.1) is 0 Å². The first-order chi connectivity index (χ1) is 13.7. The minimum Gasteiger partial charge on any atom is -0.465 e. The molecule has 2 aliphatic heterocycles. The van der Waals surface area contributed by atoms with E-state index in [1.54, 1.807) is 11.8 Å². The number of carbonyl (C=O) groups is 2. The van der Waals surface area contributed by atoms with Gasteiger partial charge in [0.2, 0.25) is 5.91 Å². The molecule has 2 fully saturated rings. The molecule has 1 amide bonds. The first-order valence-corrected chi connectivity index (χ1v) is 10.1. The van der Waals surface area contributed by atoms with Crippen molar-refractivity contribution in [3.63, 3.8) is 0 Å². The van der Waals surface area contributed by atoms with Crippen molar-refractivity contribution in [2.45, 2.75) is 32.6 Å². The quantitative estimate of drug-likeness (QED) is 0.497. The predicted octanol–water partition coefficient (Wildman–Crippen LogP) is 1.66. The summed E-state index contributed by atoms with van der Waals surface area (Å²) < 4.78 is 16.0. The van der Waals surface area contributed by atoms with Crippen molar-refractivity contribution in [3.05, 3.63) is 35.9 Å². The Hall–Kier alpha value is -1.96. The third-order valence-corrected chi connectivity index (χ3v) is 5.18. The molecule has 0 aliphatic carbocycles. The Labute approximate surface area is 166 Å². The van der Waals surface area contributed by atoms with E-state index in [0.29, 0.717) is 39.1 Å². The van der Waals surface area contributed by atoms with Crippen molar-refractivity contribution in [1.82, 2.24) is 9.80 Å². The highest BCUT2D eigenvalue weighted by molar-refractivity contribution is 5.97. The molecule has 7 heteroatoms. The lowest BCUT2D eigenvalue weighted by Crippen LogP contribution is -2.51. The Kier molecular flexibility index (Phi) is 7.82. The normalized spacial score (nSPS) is 19.5. The molecular weight excluding hydrogens is 360 g/mol. The van der Waals surface area contributed by atoms with Gasteiger partial charge in [0, 0.05) is 32.7 Å². The fourth-order valence-electron chi connectivity index (χ4n) is 3.65. The van der Waals surface area contributed by atoms with E-state index in [1.807, 2.05) is 18.2 Å². The predicted molar refractivity (Wildman–Crippen MR) is 103 cm³/mol. The van der Waals surface area contributed by atoms with Gasteiger partial charge in [-0.25, -0.2) is 0 Å². The van der Waals surface area contributed by atoms with Crippen LogP contribution in [-0.2, 0) is 30.3 Å². The van der Waals surface area contributed by atoms with Crippen LogP contribution in [-0.4, -0.2) is 74.0 Å². The van der Waals surface area contributed by atoms with Crippen LogP contribution in [0.15, 0.2) is 30.3 Å². The van der Waals surface area contributed by atoms with Gasteiger partial charge in [-0.3, -0.25) is 14.5 Å². The molecule has 0 N–H and O–H groups in total. The maximum Gasteiger partial charge on any atom is 0.318 e. The smallest absolute Gasteiger partial charge is 0.318 e. The van der Waals surface area contributed by atoms with Crippen molar-refractivity contribution in [2.75, 3.05) is 46.0 Å². The van der Waals surface area contributed by atoms with E-state index in [-0.39, 0.29) is 18.8 Å². The second-order valence-corrected chi connectivity index (χ2v) is 7.14. The summed E-state index contributed by atoms with van der Waals surface area (Å²) in [4.78, 5) is 29.5. The lowest BCUT2D eigenvalue weighted by molar-refractivity contribution is -0.157. The Morgan fingerprint density at radius 2 is 1.79 bits per heavy atom. The molecule has 0 spiro atoms. The number of nitrogens with zero attached hydrogens (tertiary/aromatic N) is 2. The third kappa shape index (κ3) is 5.77. The summed E-state index contributed by atoms with van der Waals surface area (Å²) in [6, 6.07) is 10.3. The number of benzene rings is 1. The van der Waals surface area contributed by atoms with E-state index in [1.165, 1.54) is 5.56 Å². The number of esters is 1. The van der Waals surface area contributed by atoms with Gasteiger partial charge >= 0.3 is 5.97 Å². The van der Waals surface area contributed by atoms with Crippen LogP contribution >= 0.6 is 0 Å². The van der Waals surface area contributed by atoms with E-state index >= 15 is 0 Å². The van der Waals surface area contributed by atoms with Crippen LogP contribution in [0.3, 0.4) is 0 Å². The first kappa shape index (κ1) is 20.8. The van der Waals surface area contributed by atoms with E-state index in [0.717, 1.165) is 19.6 Å². The molecule has 28 heavy (non-hydrogen) atoms. The van der Waals surface area contributed by atoms with Crippen molar-refractivity contribution in [3.8, 4) is 0 Å². The maximum absolute atomic E-state index is 13.0. The average molecular weight is 390 g/mol. The van der Waals surface area contributed by atoms with Gasteiger partial charge < -0.3 is 19.1 Å². The number of amides is 1. The van der Waals surface area contributed by atoms with Crippen molar-refractivity contribution < 1.29 is 23.8 Å². The zero-order valence-corrected chi connectivity index (χ0v) is 16.5. The Morgan fingerprint density at radius 1 is 1.11 bits per heavy atom. The summed E-state index contributed by atoms with van der Waals surface area (Å²) in [6.07, 6.45) is 0.572. The van der Waals surface area contributed by atoms with Crippen molar-refractivity contribution in [1.29, 1.82) is 0 Å². The van der Waals surface area contributed by atoms with E-state index in [9.17, 15) is 9.59 Å². The minimum atomic E-state index is -0.784. The summed E-state index contributed by atoms with van der Waals surface area (Å²) in [7, 11) is 0. The van der Waals surface area contributed by atoms with Gasteiger partial charge in [0.15, 0.2) is 6.29 Å². The number of piperazine rings is 1. The van der Waals surface area contributed by atoms with Crippen LogP contribution in [0.25, 0.3) is 0 Å². The van der Waals surface area contributed by atoms with Gasteiger partial charge in [-0.05, 0) is 25.3 Å². The van der Waals surface area contributed by atoms with Gasteiger partial charge in [0.25, 0.3) is 0 Å². The molecular formula is C21H30N2O5. The average Bonchev–Trinajstić information content (AvgIpc) is 3.23. The molecule has 3 rings (SSSR count). The largest absolute Gasteiger partial charge is 0.465 e. The molecule has 0 saturated carbocycles. The molecule has 0 aromatic heterocycles. The molecule has 7 nitrogen and oxygen atoms in total. The monoisotopic (exact) mass is 390 g/mol. The summed E-state index contributed by atoms with van der Waals surface area (Å²) in [5.41, 5.74) is 1.27. The highest BCUT2D eigenvalue weighted by Crippen LogP contribution is 2.20. The first-order valence-electron chi connectivity index (χ1n) is 10.1. The fourth-order valence-corrected chi connectivity index (χ4v) is 3.65. The Bertz CT molecular complexity index is 625. The lowest BCUT2D eigenvalue weighted by atomic mass is 10.0. The summed E-state index contributed by atoms with van der Waals surface area (Å²) in [5, 5.41) is 0. The molecule has 1 atom stereocenters. The molecule has 2 aliphatic rings. The van der Waals surface area contributed by atoms with Crippen LogP contribution in [0, 0.1) is 5.92 Å². The van der Waals surface area contributed by atoms with Crippen LogP contribution in [0.1, 0.15) is 25.3 Å². The molecule has 2 saturated heterocycles. The molecule has 1 aromatic rings. The number of hydrogen-bond acceptors (Lipinski definition) is 6. The summed E-state index contributed by atoms with van der Waals surface area (Å²) in [6.45, 7) is 6.86. The summed E-state index contributed by atoms with van der Waals surface area (Å²) >= 11 is 0. The highest BCUT2D eigenvalue weighted by Gasteiger charge is 2.34. The minimum absolute atomic E-state index is 0.143. The van der Waals surface area contributed by atoms with Crippen LogP contribution in [0.5, 0.6) is 0 Å². The topological polar surface area (TPSA) is 68.3 Å². The standard InChI is InChI=1S/C21H30N2O5/c1-2-26-21(25)18(8-9-19-27-14-15-28-19)20(24)23-12-10-22(11-13-23)16-17-6-4-3-5-7-17/h3-7,18-19H,2,8-16H2,1H3/t18-/m1/s1. The number of carbonyl (C=O) groups excluding carboxylic acids is 2. The number of ether oxygens (including phenoxy) is 3. The van der Waals surface area contributed by atoms with Crippen molar-refractivity contribution in [2.24, 2.45) is 5.92 Å². The van der Waals surface area contributed by atoms with Gasteiger partial charge in [0.1, 0.15) is 5.92 Å². The second-order valence-electron chi connectivity index (χ2n) is 7.14. The number of hydrogen-bond donors (Lipinski definition) is 0. The third-order valence-electron chi connectivity index (χ3n) is 5.18. The Balaban J connectivity index is 1.52. The maximum atomic E-state index is 13.0. The van der Waals surface area contributed by atoms with Crippen LogP contribution in [0.4, 0.5) is 0 Å². The number of rotatable bonds is 8. The fraction of sp³-hybridized carbons (Fsp3) is 0.619. The zero-order valence-electron chi connectivity index (χ0n) is 16.5. The van der Waals surface area contributed by atoms with E-state index in [2.05, 4.69) is 17.0 Å². The molecule has 154 valence electrons. The van der Waals surface area contributed by atoms with Gasteiger partial charge in [0.05, 0.1) is 19.8 Å². The van der Waals surface area contributed by atoms with E-state index in [4.69, 9.17) is 14.2 Å². The highest BCUT2D eigenvalue weighted by atomic mass is 16.7. The van der Waals surface area contributed by atoms with Crippen LogP contribution < -0.4 is 0 Å². The molecule has 0 radical (unpaired) electrons. The second kappa shape index (κ2) is 10.5. The van der Waals surface area contributed by atoms with E-state index < -0.39 is 11.9 Å². The zero-order chi connectivity index (χ0) is 19.8. The SMILES string of the molecule is CCOC(=O)[C@H](CCC1OCCO1)C(=O)N1CCN(Cc2ccccc2)CC1. The molecule has 0 unspecified atom stereocenters. The van der Waals surface area contributed by atoms with Crippen LogP contribution in [0.2, 0.25) is 0 Å². The molecule has 0 bridgehead atoms. The Morgan fingerprint density at radius 3 is 2.43 bits per heavy atom. The summed E-state index contributed by atoms with van der Waals surface area (Å²) in [5.74, 6) is -1.37. The molecule has 2 heterocycles. The van der Waals surface area contributed by atoms with Crippen molar-refractivity contribution >= 4 is 11.9 Å². The van der Waals surface area contributed by atoms with Gasteiger partial charge in [-0.2, -0.15) is 0 Å². The molecule has 1 aromatic carbocycles. The van der Waals surface area contributed by atoms with Gasteiger partial charge in [-0.1, -0.05) is 30.3 Å². The lowest BCUT2D eigenvalue weighted by Gasteiger charge is -2.36.